The van der Waals surface area contributed by atoms with E-state index in [1.54, 1.807) is 60.9 Å². The number of rotatable bonds is 4. The van der Waals surface area contributed by atoms with Crippen molar-refractivity contribution in [2.45, 2.75) is 0 Å². The molecule has 0 unspecified atom stereocenters. The molecule has 0 spiro atoms. The third-order valence-corrected chi connectivity index (χ3v) is 3.82. The third-order valence-electron chi connectivity index (χ3n) is 3.82. The molecule has 0 bridgehead atoms. The second-order valence-corrected chi connectivity index (χ2v) is 5.71. The molecule has 2 heterocycles. The fourth-order valence-electron chi connectivity index (χ4n) is 2.49. The standard InChI is InChI=1S/C20H13FN4O2/c21-16-8-6-13(7-9-16)18-24-20(27-25-18)15-4-1-3-14(11-15)19(26)23-17-5-2-10-22-12-17/h1-12H,(H,23,26). The van der Waals surface area contributed by atoms with E-state index in [2.05, 4.69) is 20.4 Å². The quantitative estimate of drug-likeness (QED) is 0.590. The van der Waals surface area contributed by atoms with Crippen LogP contribution in [0.2, 0.25) is 0 Å². The average molecular weight is 360 g/mol. The van der Waals surface area contributed by atoms with E-state index in [4.69, 9.17) is 4.52 Å². The molecule has 1 N–H and O–H groups in total. The maximum atomic E-state index is 13.0. The molecule has 0 radical (unpaired) electrons. The molecule has 2 aromatic heterocycles. The van der Waals surface area contributed by atoms with Crippen molar-refractivity contribution < 1.29 is 13.7 Å². The van der Waals surface area contributed by atoms with Gasteiger partial charge in [0, 0.05) is 22.9 Å². The van der Waals surface area contributed by atoms with Crippen LogP contribution in [-0.4, -0.2) is 21.0 Å². The van der Waals surface area contributed by atoms with Gasteiger partial charge in [-0.25, -0.2) is 4.39 Å². The maximum Gasteiger partial charge on any atom is 0.258 e. The number of nitrogens with zero attached hydrogens (tertiary/aromatic N) is 3. The topological polar surface area (TPSA) is 80.9 Å². The number of pyridine rings is 1. The van der Waals surface area contributed by atoms with Gasteiger partial charge in [0.05, 0.1) is 11.9 Å². The predicted molar refractivity (Wildman–Crippen MR) is 97.3 cm³/mol. The second-order valence-electron chi connectivity index (χ2n) is 5.71. The molecule has 0 saturated heterocycles. The zero-order valence-electron chi connectivity index (χ0n) is 14.0. The number of halogens is 1. The summed E-state index contributed by atoms with van der Waals surface area (Å²) in [6.07, 6.45) is 3.19. The van der Waals surface area contributed by atoms with Gasteiger partial charge in [0.25, 0.3) is 11.8 Å². The normalized spacial score (nSPS) is 10.6. The Balaban J connectivity index is 1.57. The number of nitrogens with one attached hydrogen (secondary N) is 1. The van der Waals surface area contributed by atoms with E-state index >= 15 is 0 Å². The molecule has 2 aromatic carbocycles. The van der Waals surface area contributed by atoms with Crippen molar-refractivity contribution in [1.82, 2.24) is 15.1 Å². The molecule has 0 saturated carbocycles. The van der Waals surface area contributed by atoms with Crippen LogP contribution in [0.15, 0.2) is 77.6 Å². The van der Waals surface area contributed by atoms with Gasteiger partial charge in [0.2, 0.25) is 5.82 Å². The SMILES string of the molecule is O=C(Nc1cccnc1)c1cccc(-c2nc(-c3ccc(F)cc3)no2)c1. The number of anilines is 1. The Morgan fingerprint density at radius 2 is 1.85 bits per heavy atom. The third kappa shape index (κ3) is 3.72. The van der Waals surface area contributed by atoms with Gasteiger partial charge >= 0.3 is 0 Å². The van der Waals surface area contributed by atoms with Crippen molar-refractivity contribution in [3.8, 4) is 22.8 Å². The van der Waals surface area contributed by atoms with Crippen molar-refractivity contribution in [3.63, 3.8) is 0 Å². The van der Waals surface area contributed by atoms with Crippen LogP contribution >= 0.6 is 0 Å². The zero-order chi connectivity index (χ0) is 18.6. The van der Waals surface area contributed by atoms with E-state index in [-0.39, 0.29) is 17.6 Å². The first-order valence-electron chi connectivity index (χ1n) is 8.10. The summed E-state index contributed by atoms with van der Waals surface area (Å²) >= 11 is 0. The number of amides is 1. The van der Waals surface area contributed by atoms with Crippen molar-refractivity contribution >= 4 is 11.6 Å². The lowest BCUT2D eigenvalue weighted by Gasteiger charge is -2.05. The number of hydrogen-bond acceptors (Lipinski definition) is 5. The van der Waals surface area contributed by atoms with E-state index in [9.17, 15) is 9.18 Å². The molecule has 132 valence electrons. The highest BCUT2D eigenvalue weighted by Gasteiger charge is 2.13. The number of benzene rings is 2. The Morgan fingerprint density at radius 1 is 1.00 bits per heavy atom. The number of aromatic nitrogens is 3. The fourth-order valence-corrected chi connectivity index (χ4v) is 2.49. The van der Waals surface area contributed by atoms with Crippen LogP contribution in [0.4, 0.5) is 10.1 Å². The van der Waals surface area contributed by atoms with Crippen LogP contribution in [-0.2, 0) is 0 Å². The Morgan fingerprint density at radius 3 is 2.63 bits per heavy atom. The number of carbonyl (C=O) groups excluding carboxylic acids is 1. The van der Waals surface area contributed by atoms with Crippen molar-refractivity contribution in [2.24, 2.45) is 0 Å². The second kappa shape index (κ2) is 7.17. The molecule has 27 heavy (non-hydrogen) atoms. The van der Waals surface area contributed by atoms with E-state index in [0.29, 0.717) is 28.2 Å². The van der Waals surface area contributed by atoms with Crippen molar-refractivity contribution in [2.75, 3.05) is 5.32 Å². The smallest absolute Gasteiger partial charge is 0.258 e. The Kier molecular flexibility index (Phi) is 4.40. The summed E-state index contributed by atoms with van der Waals surface area (Å²) in [7, 11) is 0. The van der Waals surface area contributed by atoms with Gasteiger partial charge in [-0.05, 0) is 54.6 Å². The Labute approximate surface area is 153 Å². The Bertz CT molecular complexity index is 1080. The summed E-state index contributed by atoms with van der Waals surface area (Å²) in [6.45, 7) is 0. The molecule has 0 fully saturated rings. The molecule has 0 aliphatic rings. The Hall–Kier alpha value is -3.87. The summed E-state index contributed by atoms with van der Waals surface area (Å²) in [4.78, 5) is 20.7. The van der Waals surface area contributed by atoms with E-state index in [1.807, 2.05) is 0 Å². The van der Waals surface area contributed by atoms with E-state index in [1.165, 1.54) is 12.1 Å². The summed E-state index contributed by atoms with van der Waals surface area (Å²) in [5, 5.41) is 6.69. The predicted octanol–water partition coefficient (Wildman–Crippen LogP) is 4.19. The van der Waals surface area contributed by atoms with Gasteiger partial charge in [-0.2, -0.15) is 4.98 Å². The summed E-state index contributed by atoms with van der Waals surface area (Å²) in [5.74, 6) is -0.00140. The number of hydrogen-bond donors (Lipinski definition) is 1. The zero-order valence-corrected chi connectivity index (χ0v) is 14.0. The van der Waals surface area contributed by atoms with Crippen LogP contribution in [0.5, 0.6) is 0 Å². The minimum atomic E-state index is -0.338. The summed E-state index contributed by atoms with van der Waals surface area (Å²) in [6, 6.07) is 16.1. The maximum absolute atomic E-state index is 13.0. The van der Waals surface area contributed by atoms with Gasteiger partial charge in [-0.1, -0.05) is 11.2 Å². The molecule has 6 nitrogen and oxygen atoms in total. The minimum Gasteiger partial charge on any atom is -0.334 e. The fraction of sp³-hybridized carbons (Fsp3) is 0. The minimum absolute atomic E-state index is 0.269. The van der Waals surface area contributed by atoms with E-state index < -0.39 is 0 Å². The lowest BCUT2D eigenvalue weighted by molar-refractivity contribution is 0.102. The van der Waals surface area contributed by atoms with Crippen LogP contribution < -0.4 is 5.32 Å². The molecule has 1 amide bonds. The first-order chi connectivity index (χ1) is 13.2. The van der Waals surface area contributed by atoms with Gasteiger partial charge in [0.1, 0.15) is 5.82 Å². The highest BCUT2D eigenvalue weighted by Crippen LogP contribution is 2.23. The van der Waals surface area contributed by atoms with Gasteiger partial charge in [-0.15, -0.1) is 0 Å². The van der Waals surface area contributed by atoms with Crippen LogP contribution in [0.3, 0.4) is 0 Å². The largest absolute Gasteiger partial charge is 0.334 e. The van der Waals surface area contributed by atoms with Crippen molar-refractivity contribution in [1.29, 1.82) is 0 Å². The molecule has 7 heteroatoms. The average Bonchev–Trinajstić information content (AvgIpc) is 3.20. The summed E-state index contributed by atoms with van der Waals surface area (Å²) in [5.41, 5.74) is 2.29. The first kappa shape index (κ1) is 16.6. The molecule has 0 aliphatic heterocycles. The van der Waals surface area contributed by atoms with Crippen LogP contribution in [0.25, 0.3) is 22.8 Å². The van der Waals surface area contributed by atoms with Gasteiger partial charge in [0.15, 0.2) is 0 Å². The monoisotopic (exact) mass is 360 g/mol. The van der Waals surface area contributed by atoms with Crippen LogP contribution in [0.1, 0.15) is 10.4 Å². The van der Waals surface area contributed by atoms with Gasteiger partial charge < -0.3 is 9.84 Å². The van der Waals surface area contributed by atoms with Gasteiger partial charge in [-0.3, -0.25) is 9.78 Å². The van der Waals surface area contributed by atoms with Crippen LogP contribution in [0, 0.1) is 5.82 Å². The molecule has 4 aromatic rings. The van der Waals surface area contributed by atoms with E-state index in [0.717, 1.165) is 0 Å². The summed E-state index contributed by atoms with van der Waals surface area (Å²) < 4.78 is 18.3. The molecule has 0 atom stereocenters. The van der Waals surface area contributed by atoms with Crippen molar-refractivity contribution in [3.05, 3.63) is 84.4 Å². The molecular formula is C20H13FN4O2. The highest BCUT2D eigenvalue weighted by molar-refractivity contribution is 6.04. The number of carbonyl (C=O) groups is 1. The lowest BCUT2D eigenvalue weighted by atomic mass is 10.1. The molecule has 0 aliphatic carbocycles. The highest BCUT2D eigenvalue weighted by atomic mass is 19.1. The molecular weight excluding hydrogens is 347 g/mol. The molecule has 4 rings (SSSR count). The lowest BCUT2D eigenvalue weighted by Crippen LogP contribution is -2.11. The first-order valence-corrected chi connectivity index (χ1v) is 8.10.